The summed E-state index contributed by atoms with van der Waals surface area (Å²) < 4.78 is 18.0. The molecule has 5 heteroatoms. The van der Waals surface area contributed by atoms with Gasteiger partial charge in [-0.25, -0.2) is 0 Å². The third-order valence-electron chi connectivity index (χ3n) is 3.28. The first kappa shape index (κ1) is 14.5. The predicted octanol–water partition coefficient (Wildman–Crippen LogP) is 3.07. The molecule has 106 valence electrons. The average molecular weight is 330 g/mol. The van der Waals surface area contributed by atoms with Gasteiger partial charge in [0.25, 0.3) is 0 Å². The van der Waals surface area contributed by atoms with Gasteiger partial charge in [-0.05, 0) is 34.8 Å². The first-order valence-corrected chi connectivity index (χ1v) is 7.34. The lowest BCUT2D eigenvalue weighted by atomic mass is 9.95. The Morgan fingerprint density at radius 1 is 1.42 bits per heavy atom. The molecule has 0 saturated carbocycles. The Kier molecular flexibility index (Phi) is 4.93. The summed E-state index contributed by atoms with van der Waals surface area (Å²) in [6, 6.07) is 1.91. The first-order valence-electron chi connectivity index (χ1n) is 6.55. The summed E-state index contributed by atoms with van der Waals surface area (Å²) in [5, 5.41) is 0. The highest BCUT2D eigenvalue weighted by molar-refractivity contribution is 9.10. The third kappa shape index (κ3) is 2.98. The molecule has 2 rings (SSSR count). The summed E-state index contributed by atoms with van der Waals surface area (Å²) in [6.45, 7) is 4.11. The van der Waals surface area contributed by atoms with E-state index < -0.39 is 0 Å². The van der Waals surface area contributed by atoms with Gasteiger partial charge < -0.3 is 19.9 Å². The first-order chi connectivity index (χ1) is 9.19. The molecule has 0 aliphatic carbocycles. The van der Waals surface area contributed by atoms with Crippen LogP contribution in [0.15, 0.2) is 10.5 Å². The van der Waals surface area contributed by atoms with E-state index in [1.165, 1.54) is 0 Å². The van der Waals surface area contributed by atoms with Crippen molar-refractivity contribution >= 4 is 15.9 Å². The van der Waals surface area contributed by atoms with Crippen molar-refractivity contribution in [1.29, 1.82) is 0 Å². The van der Waals surface area contributed by atoms with E-state index in [1.807, 2.05) is 6.07 Å². The highest BCUT2D eigenvalue weighted by atomic mass is 79.9. The molecule has 0 bridgehead atoms. The maximum absolute atomic E-state index is 5.88. The van der Waals surface area contributed by atoms with Crippen LogP contribution >= 0.6 is 15.9 Å². The normalized spacial score (nSPS) is 15.8. The molecule has 1 aromatic rings. The molecule has 0 radical (unpaired) electrons. The molecular weight excluding hydrogens is 310 g/mol. The molecule has 19 heavy (non-hydrogen) atoms. The van der Waals surface area contributed by atoms with Crippen LogP contribution in [0.3, 0.4) is 0 Å². The average Bonchev–Trinajstić information content (AvgIpc) is 2.62. The van der Waals surface area contributed by atoms with E-state index in [4.69, 9.17) is 19.9 Å². The van der Waals surface area contributed by atoms with Crippen molar-refractivity contribution in [1.82, 2.24) is 0 Å². The molecule has 1 heterocycles. The van der Waals surface area contributed by atoms with Gasteiger partial charge in [0, 0.05) is 18.1 Å². The second kappa shape index (κ2) is 6.48. The van der Waals surface area contributed by atoms with Gasteiger partial charge in [0.15, 0.2) is 11.5 Å². The standard InChI is InChI=1S/C14H20BrNO3/c1-9(4-5-16)12-13(17-2)10(15)8-11-14(12)19-7-3-6-18-11/h8-9H,3-7,16H2,1-2H3. The van der Waals surface area contributed by atoms with Crippen LogP contribution in [-0.4, -0.2) is 26.9 Å². The van der Waals surface area contributed by atoms with Crippen LogP contribution in [-0.2, 0) is 0 Å². The zero-order valence-corrected chi connectivity index (χ0v) is 13.0. The van der Waals surface area contributed by atoms with Crippen molar-refractivity contribution < 1.29 is 14.2 Å². The second-order valence-electron chi connectivity index (χ2n) is 4.66. The molecule has 1 aliphatic heterocycles. The Balaban J connectivity index is 2.54. The zero-order chi connectivity index (χ0) is 13.8. The molecule has 0 amide bonds. The minimum Gasteiger partial charge on any atom is -0.495 e. The maximum atomic E-state index is 5.88. The Hall–Kier alpha value is -0.940. The van der Waals surface area contributed by atoms with E-state index in [1.54, 1.807) is 7.11 Å². The van der Waals surface area contributed by atoms with Crippen molar-refractivity contribution in [2.24, 2.45) is 5.73 Å². The third-order valence-corrected chi connectivity index (χ3v) is 3.87. The van der Waals surface area contributed by atoms with Crippen molar-refractivity contribution in [3.63, 3.8) is 0 Å². The van der Waals surface area contributed by atoms with Crippen LogP contribution in [0.1, 0.15) is 31.2 Å². The number of halogens is 1. The van der Waals surface area contributed by atoms with Crippen LogP contribution in [0, 0.1) is 0 Å². The molecule has 1 aliphatic rings. The van der Waals surface area contributed by atoms with E-state index in [0.717, 1.165) is 40.1 Å². The summed E-state index contributed by atoms with van der Waals surface area (Å²) in [5.41, 5.74) is 6.72. The maximum Gasteiger partial charge on any atom is 0.168 e. The lowest BCUT2D eigenvalue weighted by Crippen LogP contribution is -2.09. The van der Waals surface area contributed by atoms with E-state index in [-0.39, 0.29) is 5.92 Å². The van der Waals surface area contributed by atoms with E-state index in [2.05, 4.69) is 22.9 Å². The molecule has 2 N–H and O–H groups in total. The fourth-order valence-electron chi connectivity index (χ4n) is 2.33. The predicted molar refractivity (Wildman–Crippen MR) is 78.4 cm³/mol. The number of benzene rings is 1. The summed E-state index contributed by atoms with van der Waals surface area (Å²) in [6.07, 6.45) is 1.77. The van der Waals surface area contributed by atoms with Crippen molar-refractivity contribution in [2.75, 3.05) is 26.9 Å². The summed E-state index contributed by atoms with van der Waals surface area (Å²) in [4.78, 5) is 0. The molecule has 0 spiro atoms. The van der Waals surface area contributed by atoms with Crippen LogP contribution in [0.5, 0.6) is 17.2 Å². The van der Waals surface area contributed by atoms with Crippen LogP contribution < -0.4 is 19.9 Å². The number of fused-ring (bicyclic) bond motifs is 1. The highest BCUT2D eigenvalue weighted by Crippen LogP contribution is 2.47. The topological polar surface area (TPSA) is 53.7 Å². The number of ether oxygens (including phenoxy) is 3. The molecule has 0 fully saturated rings. The van der Waals surface area contributed by atoms with Crippen LogP contribution in [0.2, 0.25) is 0 Å². The molecule has 0 saturated heterocycles. The Morgan fingerprint density at radius 2 is 2.16 bits per heavy atom. The van der Waals surface area contributed by atoms with E-state index in [0.29, 0.717) is 19.8 Å². The Bertz CT molecular complexity index is 451. The number of rotatable bonds is 4. The minimum atomic E-state index is 0.257. The van der Waals surface area contributed by atoms with Gasteiger partial charge in [-0.3, -0.25) is 0 Å². The largest absolute Gasteiger partial charge is 0.495 e. The van der Waals surface area contributed by atoms with Gasteiger partial charge in [-0.1, -0.05) is 6.92 Å². The monoisotopic (exact) mass is 329 g/mol. The SMILES string of the molecule is COc1c(Br)cc2c(c1C(C)CCN)OCCCO2. The number of hydrogen-bond donors (Lipinski definition) is 1. The van der Waals surface area contributed by atoms with Crippen LogP contribution in [0.4, 0.5) is 0 Å². The zero-order valence-electron chi connectivity index (χ0n) is 11.4. The summed E-state index contributed by atoms with van der Waals surface area (Å²) in [7, 11) is 1.67. The van der Waals surface area contributed by atoms with Gasteiger partial charge in [0.1, 0.15) is 5.75 Å². The lowest BCUT2D eigenvalue weighted by Gasteiger charge is -2.21. The highest BCUT2D eigenvalue weighted by Gasteiger charge is 2.25. The summed E-state index contributed by atoms with van der Waals surface area (Å²) in [5.74, 6) is 2.65. The molecule has 1 atom stereocenters. The molecular formula is C14H20BrNO3. The fraction of sp³-hybridized carbons (Fsp3) is 0.571. The smallest absolute Gasteiger partial charge is 0.168 e. The van der Waals surface area contributed by atoms with Crippen molar-refractivity contribution in [2.45, 2.75) is 25.7 Å². The quantitative estimate of drug-likeness (QED) is 0.922. The molecule has 0 aromatic heterocycles. The summed E-state index contributed by atoms with van der Waals surface area (Å²) >= 11 is 3.54. The number of hydrogen-bond acceptors (Lipinski definition) is 4. The van der Waals surface area contributed by atoms with Gasteiger partial charge >= 0.3 is 0 Å². The second-order valence-corrected chi connectivity index (χ2v) is 5.52. The number of nitrogens with two attached hydrogens (primary N) is 1. The van der Waals surface area contributed by atoms with Crippen LogP contribution in [0.25, 0.3) is 0 Å². The van der Waals surface area contributed by atoms with Gasteiger partial charge in [-0.15, -0.1) is 0 Å². The Morgan fingerprint density at radius 3 is 2.84 bits per heavy atom. The number of methoxy groups -OCH3 is 1. The Labute approximate surface area is 122 Å². The van der Waals surface area contributed by atoms with E-state index >= 15 is 0 Å². The molecule has 1 unspecified atom stereocenters. The van der Waals surface area contributed by atoms with E-state index in [9.17, 15) is 0 Å². The fourth-order valence-corrected chi connectivity index (χ4v) is 2.91. The van der Waals surface area contributed by atoms with Crippen molar-refractivity contribution in [3.05, 3.63) is 16.1 Å². The minimum absolute atomic E-state index is 0.257. The van der Waals surface area contributed by atoms with Crippen molar-refractivity contribution in [3.8, 4) is 17.2 Å². The van der Waals surface area contributed by atoms with Gasteiger partial charge in [0.2, 0.25) is 0 Å². The van der Waals surface area contributed by atoms with Gasteiger partial charge in [0.05, 0.1) is 24.8 Å². The lowest BCUT2D eigenvalue weighted by molar-refractivity contribution is 0.295. The molecule has 4 nitrogen and oxygen atoms in total. The van der Waals surface area contributed by atoms with Gasteiger partial charge in [-0.2, -0.15) is 0 Å². The molecule has 1 aromatic carbocycles.